The highest BCUT2D eigenvalue weighted by atomic mass is 35.5. The van der Waals surface area contributed by atoms with Crippen LogP contribution in [0.5, 0.6) is 5.75 Å². The third kappa shape index (κ3) is 2.37. The number of ether oxygens (including phenoxy) is 1. The van der Waals surface area contributed by atoms with Crippen molar-refractivity contribution in [1.29, 1.82) is 0 Å². The van der Waals surface area contributed by atoms with Crippen LogP contribution in [-0.2, 0) is 0 Å². The van der Waals surface area contributed by atoms with Crippen LogP contribution in [0.1, 0.15) is 29.7 Å². The van der Waals surface area contributed by atoms with E-state index in [0.29, 0.717) is 22.2 Å². The van der Waals surface area contributed by atoms with Crippen LogP contribution < -0.4 is 10.5 Å². The SMILES string of the molecule is NC1CC(c2cccc(Cl)c2Cl)Oc2cc(F)ccc21. The summed E-state index contributed by atoms with van der Waals surface area (Å²) in [7, 11) is 0. The molecule has 0 spiro atoms. The summed E-state index contributed by atoms with van der Waals surface area (Å²) in [6.45, 7) is 0. The Morgan fingerprint density at radius 3 is 2.75 bits per heavy atom. The van der Waals surface area contributed by atoms with Crippen molar-refractivity contribution in [1.82, 2.24) is 0 Å². The molecule has 0 aromatic heterocycles. The van der Waals surface area contributed by atoms with E-state index in [0.717, 1.165) is 11.1 Å². The summed E-state index contributed by atoms with van der Waals surface area (Å²) < 4.78 is 19.2. The lowest BCUT2D eigenvalue weighted by molar-refractivity contribution is 0.161. The average Bonchev–Trinajstić information content (AvgIpc) is 2.41. The third-order valence-corrected chi connectivity index (χ3v) is 4.27. The van der Waals surface area contributed by atoms with E-state index in [4.69, 9.17) is 33.7 Å². The Kier molecular flexibility index (Phi) is 3.59. The maximum Gasteiger partial charge on any atom is 0.127 e. The predicted octanol–water partition coefficient (Wildman–Crippen LogP) is 4.66. The predicted molar refractivity (Wildman–Crippen MR) is 77.8 cm³/mol. The number of hydrogen-bond donors (Lipinski definition) is 1. The van der Waals surface area contributed by atoms with Crippen molar-refractivity contribution in [3.8, 4) is 5.75 Å². The zero-order chi connectivity index (χ0) is 14.3. The van der Waals surface area contributed by atoms with E-state index >= 15 is 0 Å². The molecular weight excluding hydrogens is 300 g/mol. The fourth-order valence-electron chi connectivity index (χ4n) is 2.44. The van der Waals surface area contributed by atoms with E-state index in [1.807, 2.05) is 6.07 Å². The zero-order valence-electron chi connectivity index (χ0n) is 10.4. The molecule has 0 amide bonds. The van der Waals surface area contributed by atoms with Gasteiger partial charge >= 0.3 is 0 Å². The van der Waals surface area contributed by atoms with E-state index in [-0.39, 0.29) is 18.0 Å². The normalized spacial score (nSPS) is 21.2. The molecule has 0 aliphatic carbocycles. The van der Waals surface area contributed by atoms with Crippen molar-refractivity contribution in [3.63, 3.8) is 0 Å². The molecule has 0 saturated carbocycles. The van der Waals surface area contributed by atoms with Gasteiger partial charge in [-0.15, -0.1) is 0 Å². The summed E-state index contributed by atoms with van der Waals surface area (Å²) in [6.07, 6.45) is 0.240. The third-order valence-electron chi connectivity index (χ3n) is 3.44. The number of benzene rings is 2. The van der Waals surface area contributed by atoms with Crippen LogP contribution in [0, 0.1) is 5.82 Å². The molecule has 2 nitrogen and oxygen atoms in total. The van der Waals surface area contributed by atoms with Gasteiger partial charge in [-0.3, -0.25) is 0 Å². The van der Waals surface area contributed by atoms with Crippen molar-refractivity contribution in [2.24, 2.45) is 5.73 Å². The second-order valence-corrected chi connectivity index (χ2v) is 5.56. The zero-order valence-corrected chi connectivity index (χ0v) is 12.0. The van der Waals surface area contributed by atoms with Gasteiger partial charge in [-0.25, -0.2) is 4.39 Å². The summed E-state index contributed by atoms with van der Waals surface area (Å²) in [6, 6.07) is 9.53. The van der Waals surface area contributed by atoms with Crippen LogP contribution in [0.3, 0.4) is 0 Å². The fraction of sp³-hybridized carbons (Fsp3) is 0.200. The Morgan fingerprint density at radius 1 is 1.15 bits per heavy atom. The first-order valence-electron chi connectivity index (χ1n) is 6.22. The molecule has 2 unspecified atom stereocenters. The van der Waals surface area contributed by atoms with E-state index in [9.17, 15) is 4.39 Å². The molecule has 0 saturated heterocycles. The van der Waals surface area contributed by atoms with Crippen molar-refractivity contribution in [3.05, 3.63) is 63.4 Å². The molecule has 1 heterocycles. The standard InChI is InChI=1S/C15H12Cl2FNO/c16-11-3-1-2-10(15(11)17)14-7-12(19)9-5-4-8(18)6-13(9)20-14/h1-6,12,14H,7,19H2. The first-order valence-corrected chi connectivity index (χ1v) is 6.97. The lowest BCUT2D eigenvalue weighted by Crippen LogP contribution is -2.24. The van der Waals surface area contributed by atoms with Crippen LogP contribution in [0.2, 0.25) is 10.0 Å². The van der Waals surface area contributed by atoms with Gasteiger partial charge in [-0.05, 0) is 12.1 Å². The summed E-state index contributed by atoms with van der Waals surface area (Å²) in [5, 5.41) is 0.914. The summed E-state index contributed by atoms with van der Waals surface area (Å²) >= 11 is 12.2. The van der Waals surface area contributed by atoms with E-state index in [1.165, 1.54) is 12.1 Å². The van der Waals surface area contributed by atoms with Crippen LogP contribution in [0.25, 0.3) is 0 Å². The Balaban J connectivity index is 2.00. The first-order chi connectivity index (χ1) is 9.56. The van der Waals surface area contributed by atoms with Crippen LogP contribution in [-0.4, -0.2) is 0 Å². The molecule has 1 aliphatic rings. The highest BCUT2D eigenvalue weighted by Gasteiger charge is 2.29. The monoisotopic (exact) mass is 311 g/mol. The van der Waals surface area contributed by atoms with Crippen LogP contribution in [0.15, 0.2) is 36.4 Å². The van der Waals surface area contributed by atoms with Crippen LogP contribution in [0.4, 0.5) is 4.39 Å². The van der Waals surface area contributed by atoms with Crippen LogP contribution >= 0.6 is 23.2 Å². The topological polar surface area (TPSA) is 35.2 Å². The Bertz CT molecular complexity index is 662. The molecule has 2 atom stereocenters. The maximum atomic E-state index is 13.3. The number of fused-ring (bicyclic) bond motifs is 1. The van der Waals surface area contributed by atoms with Gasteiger partial charge < -0.3 is 10.5 Å². The van der Waals surface area contributed by atoms with E-state index in [2.05, 4.69) is 0 Å². The quantitative estimate of drug-likeness (QED) is 0.831. The van der Waals surface area contributed by atoms with Crippen molar-refractivity contribution in [2.45, 2.75) is 18.6 Å². The summed E-state index contributed by atoms with van der Waals surface area (Å²) in [5.74, 6) is 0.110. The molecule has 3 rings (SSSR count). The van der Waals surface area contributed by atoms with Gasteiger partial charge in [0.2, 0.25) is 0 Å². The molecule has 5 heteroatoms. The van der Waals surface area contributed by atoms with Crippen molar-refractivity contribution in [2.75, 3.05) is 0 Å². The van der Waals surface area contributed by atoms with Crippen molar-refractivity contribution < 1.29 is 9.13 Å². The minimum absolute atomic E-state index is 0.223. The smallest absolute Gasteiger partial charge is 0.127 e. The molecule has 0 fully saturated rings. The Hall–Kier alpha value is -1.29. The van der Waals surface area contributed by atoms with Gasteiger partial charge in [-0.1, -0.05) is 41.4 Å². The molecule has 20 heavy (non-hydrogen) atoms. The van der Waals surface area contributed by atoms with Gasteiger partial charge in [0.05, 0.1) is 10.0 Å². The number of nitrogens with two attached hydrogens (primary N) is 1. The second kappa shape index (κ2) is 5.24. The number of halogens is 3. The molecule has 2 aromatic rings. The fourth-order valence-corrected chi connectivity index (χ4v) is 2.86. The molecule has 104 valence electrons. The average molecular weight is 312 g/mol. The van der Waals surface area contributed by atoms with Crippen molar-refractivity contribution >= 4 is 23.2 Å². The first kappa shape index (κ1) is 13.7. The van der Waals surface area contributed by atoms with Gasteiger partial charge in [0, 0.05) is 29.7 Å². The van der Waals surface area contributed by atoms with E-state index < -0.39 is 0 Å². The number of hydrogen-bond acceptors (Lipinski definition) is 2. The highest BCUT2D eigenvalue weighted by Crippen LogP contribution is 2.42. The molecular formula is C15H12Cl2FNO. The molecule has 1 aliphatic heterocycles. The minimum atomic E-state index is -0.353. The maximum absolute atomic E-state index is 13.3. The van der Waals surface area contributed by atoms with Gasteiger partial charge in [0.25, 0.3) is 0 Å². The van der Waals surface area contributed by atoms with Gasteiger partial charge in [-0.2, -0.15) is 0 Å². The van der Waals surface area contributed by atoms with Gasteiger partial charge in [0.15, 0.2) is 0 Å². The second-order valence-electron chi connectivity index (χ2n) is 4.77. The number of rotatable bonds is 1. The molecule has 2 aromatic carbocycles. The Morgan fingerprint density at radius 2 is 1.95 bits per heavy atom. The lowest BCUT2D eigenvalue weighted by Gasteiger charge is -2.31. The van der Waals surface area contributed by atoms with E-state index in [1.54, 1.807) is 18.2 Å². The van der Waals surface area contributed by atoms with Gasteiger partial charge in [0.1, 0.15) is 17.7 Å². The minimum Gasteiger partial charge on any atom is -0.485 e. The summed E-state index contributed by atoms with van der Waals surface area (Å²) in [4.78, 5) is 0. The Labute approximate surface area is 126 Å². The lowest BCUT2D eigenvalue weighted by atomic mass is 9.93. The molecule has 0 bridgehead atoms. The molecule has 2 N–H and O–H groups in total. The summed E-state index contributed by atoms with van der Waals surface area (Å²) in [5.41, 5.74) is 7.71. The molecule has 0 radical (unpaired) electrons. The highest BCUT2D eigenvalue weighted by molar-refractivity contribution is 6.42. The largest absolute Gasteiger partial charge is 0.485 e.